The number of alkyl halides is 3. The maximum absolute atomic E-state index is 12.5. The van der Waals surface area contributed by atoms with Gasteiger partial charge in [-0.1, -0.05) is 0 Å². The first-order valence-electron chi connectivity index (χ1n) is 7.49. The summed E-state index contributed by atoms with van der Waals surface area (Å²) in [7, 11) is 0. The van der Waals surface area contributed by atoms with Gasteiger partial charge in [-0.3, -0.25) is 4.79 Å². The Morgan fingerprint density at radius 3 is 2.64 bits per heavy atom. The van der Waals surface area contributed by atoms with Gasteiger partial charge < -0.3 is 19.2 Å². The SMILES string of the molecule is C[C@H]1[C@@H](O)CN1C(=O)c1coc(COc2ccc(C(F)(F)F)cc2)n1. The number of aliphatic hydroxyl groups excluding tert-OH is 1. The van der Waals surface area contributed by atoms with Crippen LogP contribution in [-0.2, 0) is 12.8 Å². The molecule has 3 rings (SSSR count). The molecule has 0 radical (unpaired) electrons. The van der Waals surface area contributed by atoms with Crippen LogP contribution in [0.25, 0.3) is 0 Å². The van der Waals surface area contributed by atoms with Gasteiger partial charge >= 0.3 is 6.18 Å². The standard InChI is InChI=1S/C16H15F3N2O4/c1-9-13(22)6-21(9)15(23)12-7-25-14(20-12)8-24-11-4-2-10(3-5-11)16(17,18)19/h2-5,7,9,13,22H,6,8H2,1H3/t9-,13-/m0/s1. The van der Waals surface area contributed by atoms with Gasteiger partial charge in [-0.25, -0.2) is 4.98 Å². The summed E-state index contributed by atoms with van der Waals surface area (Å²) in [6.45, 7) is 1.84. The lowest BCUT2D eigenvalue weighted by Crippen LogP contribution is -2.60. The van der Waals surface area contributed by atoms with Crippen LogP contribution in [0.4, 0.5) is 13.2 Å². The number of hydrogen-bond donors (Lipinski definition) is 1. The first kappa shape index (κ1) is 17.3. The summed E-state index contributed by atoms with van der Waals surface area (Å²) in [6, 6.07) is 3.94. The normalized spacial score (nSPS) is 20.3. The Morgan fingerprint density at radius 2 is 2.08 bits per heavy atom. The van der Waals surface area contributed by atoms with Crippen molar-refractivity contribution in [2.75, 3.05) is 6.54 Å². The van der Waals surface area contributed by atoms with Crippen molar-refractivity contribution in [2.24, 2.45) is 0 Å². The summed E-state index contributed by atoms with van der Waals surface area (Å²) in [5.41, 5.74) is -0.681. The van der Waals surface area contributed by atoms with Crippen LogP contribution in [0.2, 0.25) is 0 Å². The molecule has 2 aromatic rings. The fourth-order valence-electron chi connectivity index (χ4n) is 2.37. The van der Waals surface area contributed by atoms with Gasteiger partial charge in [0.25, 0.3) is 5.91 Å². The van der Waals surface area contributed by atoms with Crippen molar-refractivity contribution >= 4 is 5.91 Å². The van der Waals surface area contributed by atoms with E-state index in [0.29, 0.717) is 0 Å². The van der Waals surface area contributed by atoms with Crippen LogP contribution < -0.4 is 4.74 Å². The van der Waals surface area contributed by atoms with E-state index in [1.165, 1.54) is 23.3 Å². The van der Waals surface area contributed by atoms with Crippen LogP contribution in [0.1, 0.15) is 28.9 Å². The summed E-state index contributed by atoms with van der Waals surface area (Å²) in [5, 5.41) is 9.44. The van der Waals surface area contributed by atoms with Crippen molar-refractivity contribution in [1.82, 2.24) is 9.88 Å². The Bertz CT molecular complexity index is 757. The van der Waals surface area contributed by atoms with Crippen LogP contribution in [0.5, 0.6) is 5.75 Å². The van der Waals surface area contributed by atoms with Crippen molar-refractivity contribution in [2.45, 2.75) is 31.9 Å². The highest BCUT2D eigenvalue weighted by atomic mass is 19.4. The number of ether oxygens (including phenoxy) is 1. The zero-order chi connectivity index (χ0) is 18.2. The van der Waals surface area contributed by atoms with E-state index in [4.69, 9.17) is 9.15 Å². The van der Waals surface area contributed by atoms with Crippen molar-refractivity contribution in [1.29, 1.82) is 0 Å². The number of aliphatic hydroxyl groups is 1. The Kier molecular flexibility index (Phi) is 4.42. The van der Waals surface area contributed by atoms with E-state index in [-0.39, 0.29) is 42.4 Å². The zero-order valence-electron chi connectivity index (χ0n) is 13.2. The van der Waals surface area contributed by atoms with Crippen molar-refractivity contribution < 1.29 is 32.2 Å². The highest BCUT2D eigenvalue weighted by Crippen LogP contribution is 2.30. The molecular weight excluding hydrogens is 341 g/mol. The third kappa shape index (κ3) is 3.60. The van der Waals surface area contributed by atoms with Crippen molar-refractivity contribution in [3.8, 4) is 5.75 Å². The molecule has 6 nitrogen and oxygen atoms in total. The number of carbonyl (C=O) groups excluding carboxylic acids is 1. The Labute approximate surface area is 140 Å². The second-order valence-electron chi connectivity index (χ2n) is 5.70. The highest BCUT2D eigenvalue weighted by molar-refractivity contribution is 5.92. The van der Waals surface area contributed by atoms with Gasteiger partial charge in [0.1, 0.15) is 12.0 Å². The Morgan fingerprint density at radius 1 is 1.40 bits per heavy atom. The molecule has 0 bridgehead atoms. The molecule has 0 aliphatic carbocycles. The van der Waals surface area contributed by atoms with Gasteiger partial charge in [0.05, 0.1) is 17.7 Å². The minimum Gasteiger partial charge on any atom is -0.484 e. The molecule has 2 atom stereocenters. The number of benzene rings is 1. The molecule has 1 amide bonds. The molecule has 1 aromatic heterocycles. The molecule has 1 saturated heterocycles. The average Bonchev–Trinajstić information content (AvgIpc) is 3.05. The van der Waals surface area contributed by atoms with Gasteiger partial charge in [0.2, 0.25) is 5.89 Å². The van der Waals surface area contributed by atoms with Crippen LogP contribution in [0.3, 0.4) is 0 Å². The zero-order valence-corrected chi connectivity index (χ0v) is 13.2. The summed E-state index contributed by atoms with van der Waals surface area (Å²) in [4.78, 5) is 17.6. The van der Waals surface area contributed by atoms with E-state index in [1.54, 1.807) is 6.92 Å². The van der Waals surface area contributed by atoms with E-state index < -0.39 is 17.8 Å². The molecule has 1 N–H and O–H groups in total. The Balaban J connectivity index is 1.58. The smallest absolute Gasteiger partial charge is 0.416 e. The monoisotopic (exact) mass is 356 g/mol. The molecule has 134 valence electrons. The first-order chi connectivity index (χ1) is 11.8. The van der Waals surface area contributed by atoms with Gasteiger partial charge in [0.15, 0.2) is 12.3 Å². The molecule has 1 aliphatic rings. The average molecular weight is 356 g/mol. The second-order valence-corrected chi connectivity index (χ2v) is 5.70. The van der Waals surface area contributed by atoms with Gasteiger partial charge in [0, 0.05) is 6.54 Å². The maximum Gasteiger partial charge on any atom is 0.416 e. The fraction of sp³-hybridized carbons (Fsp3) is 0.375. The number of aromatic nitrogens is 1. The summed E-state index contributed by atoms with van der Waals surface area (Å²) in [6.07, 6.45) is -3.76. The largest absolute Gasteiger partial charge is 0.484 e. The number of halogens is 3. The molecule has 2 heterocycles. The van der Waals surface area contributed by atoms with Crippen LogP contribution >= 0.6 is 0 Å². The van der Waals surface area contributed by atoms with E-state index in [9.17, 15) is 23.1 Å². The van der Waals surface area contributed by atoms with Crippen molar-refractivity contribution in [3.05, 3.63) is 47.7 Å². The van der Waals surface area contributed by atoms with Crippen molar-refractivity contribution in [3.63, 3.8) is 0 Å². The van der Waals surface area contributed by atoms with Crippen LogP contribution in [-0.4, -0.2) is 39.6 Å². The summed E-state index contributed by atoms with van der Waals surface area (Å²) >= 11 is 0. The summed E-state index contributed by atoms with van der Waals surface area (Å²) in [5.74, 6) is -0.0159. The van der Waals surface area contributed by atoms with Crippen LogP contribution in [0.15, 0.2) is 34.9 Å². The lowest BCUT2D eigenvalue weighted by Gasteiger charge is -2.42. The molecule has 25 heavy (non-hydrogen) atoms. The predicted molar refractivity (Wildman–Crippen MR) is 78.8 cm³/mol. The number of rotatable bonds is 4. The molecule has 1 aromatic carbocycles. The predicted octanol–water partition coefficient (Wildman–Crippen LogP) is 2.48. The van der Waals surface area contributed by atoms with Gasteiger partial charge in [-0.05, 0) is 31.2 Å². The van der Waals surface area contributed by atoms with E-state index in [0.717, 1.165) is 12.1 Å². The quantitative estimate of drug-likeness (QED) is 0.911. The lowest BCUT2D eigenvalue weighted by molar-refractivity contribution is -0.137. The number of nitrogens with zero attached hydrogens (tertiary/aromatic N) is 2. The first-order valence-corrected chi connectivity index (χ1v) is 7.49. The molecule has 9 heteroatoms. The Hall–Kier alpha value is -2.55. The number of hydrogen-bond acceptors (Lipinski definition) is 5. The topological polar surface area (TPSA) is 75.8 Å². The van der Waals surface area contributed by atoms with Gasteiger partial charge in [-0.15, -0.1) is 0 Å². The van der Waals surface area contributed by atoms with Gasteiger partial charge in [-0.2, -0.15) is 13.2 Å². The summed E-state index contributed by atoms with van der Waals surface area (Å²) < 4.78 is 47.9. The van der Waals surface area contributed by atoms with E-state index in [1.807, 2.05) is 0 Å². The van der Waals surface area contributed by atoms with E-state index >= 15 is 0 Å². The number of carbonyl (C=O) groups is 1. The maximum atomic E-state index is 12.5. The molecule has 1 aliphatic heterocycles. The number of β-amino-alcohol motifs (C(OH)–C–C–N with tert-alkyl or cyclic N) is 1. The molecule has 0 unspecified atom stereocenters. The third-order valence-electron chi connectivity index (χ3n) is 4.01. The van der Waals surface area contributed by atoms with Crippen LogP contribution in [0, 0.1) is 0 Å². The van der Waals surface area contributed by atoms with E-state index in [2.05, 4.69) is 4.98 Å². The highest BCUT2D eigenvalue weighted by Gasteiger charge is 2.38. The minimum absolute atomic E-state index is 0.0877. The molecule has 0 spiro atoms. The number of amides is 1. The minimum atomic E-state index is -4.40. The number of oxazole rings is 1. The molecular formula is C16H15F3N2O4. The lowest BCUT2D eigenvalue weighted by atomic mass is 10.0. The second kappa shape index (κ2) is 6.40. The fourth-order valence-corrected chi connectivity index (χ4v) is 2.37. The molecule has 1 fully saturated rings. The molecule has 0 saturated carbocycles. The third-order valence-corrected chi connectivity index (χ3v) is 4.01. The number of likely N-dealkylation sites (tertiary alicyclic amines) is 1.